The highest BCUT2D eigenvalue weighted by Crippen LogP contribution is 2.29. The maximum absolute atomic E-state index is 12.4. The van der Waals surface area contributed by atoms with E-state index in [2.05, 4.69) is 36.7 Å². The molecule has 3 aromatic carbocycles. The van der Waals surface area contributed by atoms with Gasteiger partial charge in [0.2, 0.25) is 0 Å². The summed E-state index contributed by atoms with van der Waals surface area (Å²) in [7, 11) is 0. The zero-order valence-electron chi connectivity index (χ0n) is 16.8. The van der Waals surface area contributed by atoms with Crippen molar-refractivity contribution in [1.29, 1.82) is 0 Å². The van der Waals surface area contributed by atoms with Gasteiger partial charge in [0.05, 0.1) is 11.9 Å². The number of H-pyrrole nitrogens is 1. The first-order valence-corrected chi connectivity index (χ1v) is 10.5. The van der Waals surface area contributed by atoms with Crippen molar-refractivity contribution < 1.29 is 14.6 Å². The van der Waals surface area contributed by atoms with E-state index < -0.39 is 5.91 Å². The molecule has 8 heteroatoms. The highest BCUT2D eigenvalue weighted by Gasteiger charge is 2.14. The summed E-state index contributed by atoms with van der Waals surface area (Å²) in [4.78, 5) is 12.4. The molecule has 0 aliphatic rings. The number of ether oxygens (including phenoxy) is 1. The number of rotatable bonds is 7. The monoisotopic (exact) mass is 490 g/mol. The molecule has 160 valence electrons. The number of aromatic nitrogens is 2. The Hall–Kier alpha value is -3.91. The van der Waals surface area contributed by atoms with E-state index in [9.17, 15) is 9.90 Å². The third-order valence-corrected chi connectivity index (χ3v) is 5.08. The second-order valence-corrected chi connectivity index (χ2v) is 7.76. The van der Waals surface area contributed by atoms with E-state index in [1.807, 2.05) is 54.6 Å². The van der Waals surface area contributed by atoms with Crippen LogP contribution in [-0.2, 0) is 6.61 Å². The van der Waals surface area contributed by atoms with Crippen LogP contribution in [0.15, 0.2) is 88.4 Å². The van der Waals surface area contributed by atoms with Crippen LogP contribution >= 0.6 is 15.9 Å². The van der Waals surface area contributed by atoms with Crippen molar-refractivity contribution in [3.8, 4) is 22.8 Å². The lowest BCUT2D eigenvalue weighted by molar-refractivity contribution is 0.0950. The molecule has 1 aromatic heterocycles. The van der Waals surface area contributed by atoms with Gasteiger partial charge in [-0.1, -0.05) is 58.4 Å². The van der Waals surface area contributed by atoms with Crippen molar-refractivity contribution >= 4 is 28.1 Å². The second-order valence-electron chi connectivity index (χ2n) is 6.84. The van der Waals surface area contributed by atoms with Crippen molar-refractivity contribution in [1.82, 2.24) is 15.6 Å². The average Bonchev–Trinajstić information content (AvgIpc) is 3.31. The van der Waals surface area contributed by atoms with E-state index >= 15 is 0 Å². The molecule has 0 saturated heterocycles. The van der Waals surface area contributed by atoms with Gasteiger partial charge >= 0.3 is 0 Å². The predicted molar refractivity (Wildman–Crippen MR) is 126 cm³/mol. The standard InChI is InChI=1S/C24H19BrN4O3/c25-18-10-11-22(30)17(12-18)14-26-29-24(31)21-13-20(27-28-21)19-8-4-5-9-23(19)32-15-16-6-2-1-3-7-16/h1-14,30H,15H2,(H,27,28)(H,29,31)/b26-14-. The number of para-hydroxylation sites is 1. The summed E-state index contributed by atoms with van der Waals surface area (Å²) in [6.45, 7) is 0.423. The van der Waals surface area contributed by atoms with Gasteiger partial charge < -0.3 is 9.84 Å². The molecule has 0 fully saturated rings. The number of hydrazone groups is 1. The third kappa shape index (κ3) is 5.22. The van der Waals surface area contributed by atoms with Crippen LogP contribution in [0.1, 0.15) is 21.6 Å². The minimum absolute atomic E-state index is 0.0575. The molecule has 4 aromatic rings. The largest absolute Gasteiger partial charge is 0.507 e. The lowest BCUT2D eigenvalue weighted by Crippen LogP contribution is -2.18. The highest BCUT2D eigenvalue weighted by atomic mass is 79.9. The fourth-order valence-corrected chi connectivity index (χ4v) is 3.34. The summed E-state index contributed by atoms with van der Waals surface area (Å²) >= 11 is 3.33. The van der Waals surface area contributed by atoms with Crippen LogP contribution in [0, 0.1) is 0 Å². The average molecular weight is 491 g/mol. The van der Waals surface area contributed by atoms with Crippen LogP contribution in [0.5, 0.6) is 11.5 Å². The molecule has 0 bridgehead atoms. The van der Waals surface area contributed by atoms with Gasteiger partial charge in [0, 0.05) is 15.6 Å². The molecule has 0 aliphatic heterocycles. The molecular weight excluding hydrogens is 472 g/mol. The molecule has 32 heavy (non-hydrogen) atoms. The number of aromatic amines is 1. The van der Waals surface area contributed by atoms with Gasteiger partial charge in [-0.05, 0) is 42.0 Å². The van der Waals surface area contributed by atoms with Crippen LogP contribution in [0.3, 0.4) is 0 Å². The molecule has 0 unspecified atom stereocenters. The minimum atomic E-state index is -0.461. The van der Waals surface area contributed by atoms with E-state index in [0.717, 1.165) is 15.6 Å². The summed E-state index contributed by atoms with van der Waals surface area (Å²) in [6, 6.07) is 23.9. The molecule has 0 radical (unpaired) electrons. The van der Waals surface area contributed by atoms with Gasteiger partial charge in [0.15, 0.2) is 0 Å². The fraction of sp³-hybridized carbons (Fsp3) is 0.0417. The summed E-state index contributed by atoms with van der Waals surface area (Å²) in [6.07, 6.45) is 1.36. The van der Waals surface area contributed by atoms with Crippen LogP contribution in [-0.4, -0.2) is 27.4 Å². The lowest BCUT2D eigenvalue weighted by Gasteiger charge is -2.10. The number of benzene rings is 3. The number of hydrogen-bond acceptors (Lipinski definition) is 5. The summed E-state index contributed by atoms with van der Waals surface area (Å²) in [5, 5.41) is 20.7. The number of nitrogens with one attached hydrogen (secondary N) is 2. The summed E-state index contributed by atoms with van der Waals surface area (Å²) < 4.78 is 6.76. The number of carbonyl (C=O) groups excluding carboxylic acids is 1. The molecule has 3 N–H and O–H groups in total. The lowest BCUT2D eigenvalue weighted by atomic mass is 10.1. The van der Waals surface area contributed by atoms with Gasteiger partial charge in [0.25, 0.3) is 5.91 Å². The SMILES string of the molecule is O=C(N/N=C\c1cc(Br)ccc1O)c1cc(-c2ccccc2OCc2ccccc2)n[nH]1. The topological polar surface area (TPSA) is 99.6 Å². The highest BCUT2D eigenvalue weighted by molar-refractivity contribution is 9.10. The van der Waals surface area contributed by atoms with Gasteiger partial charge in [0.1, 0.15) is 23.8 Å². The number of hydrogen-bond donors (Lipinski definition) is 3. The quantitative estimate of drug-likeness (QED) is 0.253. The van der Waals surface area contributed by atoms with E-state index in [4.69, 9.17) is 4.74 Å². The minimum Gasteiger partial charge on any atom is -0.507 e. The van der Waals surface area contributed by atoms with Crippen LogP contribution in [0.4, 0.5) is 0 Å². The first-order chi connectivity index (χ1) is 15.6. The Labute approximate surface area is 192 Å². The van der Waals surface area contributed by atoms with E-state index in [1.165, 1.54) is 12.3 Å². The molecule has 0 atom stereocenters. The normalized spacial score (nSPS) is 10.9. The third-order valence-electron chi connectivity index (χ3n) is 4.58. The fourth-order valence-electron chi connectivity index (χ4n) is 2.96. The zero-order valence-corrected chi connectivity index (χ0v) is 18.4. The Bertz CT molecular complexity index is 1260. The van der Waals surface area contributed by atoms with Crippen molar-refractivity contribution in [2.75, 3.05) is 0 Å². The number of nitrogens with zero attached hydrogens (tertiary/aromatic N) is 2. The van der Waals surface area contributed by atoms with Crippen molar-refractivity contribution in [3.63, 3.8) is 0 Å². The summed E-state index contributed by atoms with van der Waals surface area (Å²) in [5.41, 5.74) is 5.53. The van der Waals surface area contributed by atoms with Gasteiger partial charge in [-0.2, -0.15) is 10.2 Å². The molecule has 7 nitrogen and oxygen atoms in total. The van der Waals surface area contributed by atoms with Gasteiger partial charge in [-0.25, -0.2) is 5.43 Å². The van der Waals surface area contributed by atoms with Crippen LogP contribution < -0.4 is 10.2 Å². The predicted octanol–water partition coefficient (Wildman–Crippen LogP) is 4.89. The number of aromatic hydroxyl groups is 1. The van der Waals surface area contributed by atoms with Crippen molar-refractivity contribution in [2.45, 2.75) is 6.61 Å². The number of phenols is 1. The Balaban J connectivity index is 1.45. The molecule has 0 saturated carbocycles. The first kappa shape index (κ1) is 21.3. The molecule has 0 spiro atoms. The van der Waals surface area contributed by atoms with E-state index in [1.54, 1.807) is 18.2 Å². The Morgan fingerprint density at radius 1 is 1.09 bits per heavy atom. The summed E-state index contributed by atoms with van der Waals surface area (Å²) in [5.74, 6) is 0.261. The van der Waals surface area contributed by atoms with Gasteiger partial charge in [-0.15, -0.1) is 0 Å². The first-order valence-electron chi connectivity index (χ1n) is 9.73. The Kier molecular flexibility index (Phi) is 6.62. The second kappa shape index (κ2) is 9.93. The number of carbonyl (C=O) groups is 1. The smallest absolute Gasteiger partial charge is 0.289 e. The molecule has 1 amide bonds. The van der Waals surface area contributed by atoms with Crippen molar-refractivity contribution in [2.24, 2.45) is 5.10 Å². The number of phenolic OH excluding ortho intramolecular Hbond substituents is 1. The van der Waals surface area contributed by atoms with E-state index in [0.29, 0.717) is 23.6 Å². The molecule has 1 heterocycles. The number of amides is 1. The maximum Gasteiger partial charge on any atom is 0.289 e. The van der Waals surface area contributed by atoms with E-state index in [-0.39, 0.29) is 11.4 Å². The molecular formula is C24H19BrN4O3. The van der Waals surface area contributed by atoms with Crippen LogP contribution in [0.25, 0.3) is 11.3 Å². The van der Waals surface area contributed by atoms with Crippen LogP contribution in [0.2, 0.25) is 0 Å². The zero-order chi connectivity index (χ0) is 22.3. The molecule has 0 aliphatic carbocycles. The van der Waals surface area contributed by atoms with Crippen molar-refractivity contribution in [3.05, 3.63) is 100 Å². The molecule has 4 rings (SSSR count). The maximum atomic E-state index is 12.4. The van der Waals surface area contributed by atoms with Gasteiger partial charge in [-0.3, -0.25) is 9.89 Å². The Morgan fingerprint density at radius 3 is 2.72 bits per heavy atom. The Morgan fingerprint density at radius 2 is 1.88 bits per heavy atom. The number of halogens is 1.